The number of pyridine rings is 1. The lowest BCUT2D eigenvalue weighted by Crippen LogP contribution is -2.00. The molecule has 304 valence electrons. The summed E-state index contributed by atoms with van der Waals surface area (Å²) in [6.07, 6.45) is 0. The molecular weight excluding hydrogens is 793 g/mol. The van der Waals surface area contributed by atoms with Gasteiger partial charge in [0.25, 0.3) is 0 Å². The van der Waals surface area contributed by atoms with Gasteiger partial charge in [-0.1, -0.05) is 212 Å². The van der Waals surface area contributed by atoms with E-state index in [0.717, 1.165) is 105 Å². The number of hydrogen-bond acceptors (Lipinski definition) is 5. The summed E-state index contributed by atoms with van der Waals surface area (Å²) >= 11 is 0. The molecular formula is C60H38N4O. The van der Waals surface area contributed by atoms with Gasteiger partial charge < -0.3 is 4.42 Å². The molecule has 3 aromatic heterocycles. The van der Waals surface area contributed by atoms with E-state index < -0.39 is 0 Å². The van der Waals surface area contributed by atoms with Gasteiger partial charge in [-0.25, -0.2) is 19.9 Å². The molecule has 3 heterocycles. The Hall–Kier alpha value is -8.80. The van der Waals surface area contributed by atoms with Crippen molar-refractivity contribution in [1.82, 2.24) is 19.9 Å². The molecule has 0 N–H and O–H groups in total. The molecule has 12 aromatic rings. The Balaban J connectivity index is 0.925. The summed E-state index contributed by atoms with van der Waals surface area (Å²) in [5.74, 6) is 1.83. The summed E-state index contributed by atoms with van der Waals surface area (Å²) in [4.78, 5) is 20.5. The minimum atomic E-state index is 0.604. The summed E-state index contributed by atoms with van der Waals surface area (Å²) in [6.45, 7) is 0. The topological polar surface area (TPSA) is 64.7 Å². The monoisotopic (exact) mass is 830 g/mol. The van der Waals surface area contributed by atoms with E-state index in [1.54, 1.807) is 0 Å². The van der Waals surface area contributed by atoms with Crippen LogP contribution in [0.3, 0.4) is 0 Å². The second kappa shape index (κ2) is 16.2. The van der Waals surface area contributed by atoms with E-state index in [1.807, 2.05) is 30.3 Å². The zero-order valence-electron chi connectivity index (χ0n) is 35.1. The fourth-order valence-electron chi connectivity index (χ4n) is 8.89. The van der Waals surface area contributed by atoms with E-state index in [4.69, 9.17) is 24.4 Å². The van der Waals surface area contributed by atoms with Crippen molar-refractivity contribution in [3.8, 4) is 89.9 Å². The van der Waals surface area contributed by atoms with Crippen molar-refractivity contribution in [3.05, 3.63) is 231 Å². The lowest BCUT2D eigenvalue weighted by molar-refractivity contribution is 0.669. The second-order valence-corrected chi connectivity index (χ2v) is 16.2. The first-order valence-electron chi connectivity index (χ1n) is 21.8. The third-order valence-corrected chi connectivity index (χ3v) is 12.2. The van der Waals surface area contributed by atoms with Gasteiger partial charge in [0.1, 0.15) is 11.3 Å². The lowest BCUT2D eigenvalue weighted by Gasteiger charge is -2.12. The standard InChI is InChI=1S/C60H38N4O/c1-4-14-39(15-5-1)41-26-32-45(33-27-41)58-62-59(46-34-28-42(29-35-46)40-16-6-2-7-17-40)64-60(63-58)47-36-30-43(31-37-47)48-20-12-21-49(38-48)56-57-55(51-22-10-11-25-53(51)65-57)54-50(23-13-24-52(54)61-56)44-18-8-3-9-19-44/h1-38H. The van der Waals surface area contributed by atoms with Crippen LogP contribution < -0.4 is 0 Å². The molecule has 0 fully saturated rings. The fraction of sp³-hybridized carbons (Fsp3) is 0. The molecule has 0 atom stereocenters. The summed E-state index contributed by atoms with van der Waals surface area (Å²) in [6, 6.07) is 79.8. The Kier molecular flexibility index (Phi) is 9.42. The fourth-order valence-corrected chi connectivity index (χ4v) is 8.89. The first-order chi connectivity index (χ1) is 32.2. The van der Waals surface area contributed by atoms with Gasteiger partial charge in [-0.05, 0) is 62.7 Å². The molecule has 0 spiro atoms. The van der Waals surface area contributed by atoms with Gasteiger partial charge in [0, 0.05) is 38.4 Å². The van der Waals surface area contributed by atoms with Crippen LogP contribution in [-0.4, -0.2) is 19.9 Å². The molecule has 5 heteroatoms. The Labute approximate surface area is 376 Å². The number of nitrogens with zero attached hydrogens (tertiary/aromatic N) is 4. The predicted octanol–water partition coefficient (Wildman–Crippen LogP) is 15.7. The number of para-hydroxylation sites is 1. The van der Waals surface area contributed by atoms with E-state index >= 15 is 0 Å². The minimum Gasteiger partial charge on any atom is -0.454 e. The third kappa shape index (κ3) is 7.11. The molecule has 12 rings (SSSR count). The number of fused-ring (bicyclic) bond motifs is 5. The summed E-state index contributed by atoms with van der Waals surface area (Å²) in [5, 5.41) is 3.24. The van der Waals surface area contributed by atoms with Crippen molar-refractivity contribution >= 4 is 32.8 Å². The second-order valence-electron chi connectivity index (χ2n) is 16.2. The molecule has 0 bridgehead atoms. The first-order valence-corrected chi connectivity index (χ1v) is 21.8. The van der Waals surface area contributed by atoms with Crippen LogP contribution in [0.15, 0.2) is 235 Å². The van der Waals surface area contributed by atoms with Gasteiger partial charge in [0.2, 0.25) is 0 Å². The van der Waals surface area contributed by atoms with Crippen molar-refractivity contribution in [3.63, 3.8) is 0 Å². The Bertz CT molecular complexity index is 3560. The molecule has 0 aliphatic heterocycles. The quantitative estimate of drug-likeness (QED) is 0.153. The van der Waals surface area contributed by atoms with Crippen LogP contribution in [0, 0.1) is 0 Å². The maximum Gasteiger partial charge on any atom is 0.164 e. The molecule has 5 nitrogen and oxygen atoms in total. The average molecular weight is 831 g/mol. The average Bonchev–Trinajstić information content (AvgIpc) is 3.79. The van der Waals surface area contributed by atoms with Gasteiger partial charge in [0.15, 0.2) is 23.1 Å². The predicted molar refractivity (Wildman–Crippen MR) is 266 cm³/mol. The van der Waals surface area contributed by atoms with E-state index in [0.29, 0.717) is 17.5 Å². The van der Waals surface area contributed by atoms with Gasteiger partial charge in [-0.3, -0.25) is 0 Å². The lowest BCUT2D eigenvalue weighted by atomic mass is 9.95. The van der Waals surface area contributed by atoms with Crippen LogP contribution in [0.1, 0.15) is 0 Å². The summed E-state index contributed by atoms with van der Waals surface area (Å²) in [5.41, 5.74) is 16.0. The zero-order chi connectivity index (χ0) is 43.1. The normalized spacial score (nSPS) is 11.4. The summed E-state index contributed by atoms with van der Waals surface area (Å²) in [7, 11) is 0. The van der Waals surface area contributed by atoms with Gasteiger partial charge in [0.05, 0.1) is 5.52 Å². The number of benzene rings is 9. The SMILES string of the molecule is c1ccc(-c2ccc(-c3nc(-c4ccc(-c5ccccc5)cc4)nc(-c4ccc(-c5cccc(-c6nc7cccc(-c8ccccc8)c7c7c6oc6ccccc67)c5)cc4)n3)cc2)cc1. The number of furan rings is 1. The zero-order valence-corrected chi connectivity index (χ0v) is 35.1. The Morgan fingerprint density at radius 1 is 0.277 bits per heavy atom. The molecule has 0 saturated carbocycles. The molecule has 0 radical (unpaired) electrons. The molecule has 0 unspecified atom stereocenters. The van der Waals surface area contributed by atoms with E-state index in [-0.39, 0.29) is 0 Å². The number of hydrogen-bond donors (Lipinski definition) is 0. The van der Waals surface area contributed by atoms with Crippen LogP contribution in [0.2, 0.25) is 0 Å². The highest BCUT2D eigenvalue weighted by Crippen LogP contribution is 2.43. The van der Waals surface area contributed by atoms with Gasteiger partial charge in [-0.15, -0.1) is 0 Å². The maximum absolute atomic E-state index is 6.70. The van der Waals surface area contributed by atoms with E-state index in [9.17, 15) is 0 Å². The van der Waals surface area contributed by atoms with E-state index in [1.165, 1.54) is 0 Å². The van der Waals surface area contributed by atoms with Crippen molar-refractivity contribution in [2.45, 2.75) is 0 Å². The van der Waals surface area contributed by atoms with Crippen LogP contribution in [0.4, 0.5) is 0 Å². The van der Waals surface area contributed by atoms with E-state index in [2.05, 4.69) is 200 Å². The molecule has 9 aromatic carbocycles. The first kappa shape index (κ1) is 37.9. The number of rotatable bonds is 8. The van der Waals surface area contributed by atoms with Gasteiger partial charge in [-0.2, -0.15) is 0 Å². The highest BCUT2D eigenvalue weighted by atomic mass is 16.3. The Morgan fingerprint density at radius 3 is 1.25 bits per heavy atom. The molecule has 0 aliphatic carbocycles. The van der Waals surface area contributed by atoms with Crippen LogP contribution in [0.5, 0.6) is 0 Å². The van der Waals surface area contributed by atoms with Crippen molar-refractivity contribution in [2.24, 2.45) is 0 Å². The highest BCUT2D eigenvalue weighted by molar-refractivity contribution is 6.24. The smallest absolute Gasteiger partial charge is 0.164 e. The summed E-state index contributed by atoms with van der Waals surface area (Å²) < 4.78 is 6.70. The Morgan fingerprint density at radius 2 is 0.692 bits per heavy atom. The minimum absolute atomic E-state index is 0.604. The molecule has 0 aliphatic rings. The highest BCUT2D eigenvalue weighted by Gasteiger charge is 2.21. The van der Waals surface area contributed by atoms with Crippen LogP contribution >= 0.6 is 0 Å². The number of aromatic nitrogens is 4. The third-order valence-electron chi connectivity index (χ3n) is 12.2. The van der Waals surface area contributed by atoms with Crippen LogP contribution in [-0.2, 0) is 0 Å². The maximum atomic E-state index is 6.70. The largest absolute Gasteiger partial charge is 0.454 e. The molecule has 0 amide bonds. The van der Waals surface area contributed by atoms with Crippen molar-refractivity contribution in [2.75, 3.05) is 0 Å². The van der Waals surface area contributed by atoms with Gasteiger partial charge >= 0.3 is 0 Å². The van der Waals surface area contributed by atoms with Crippen molar-refractivity contribution < 1.29 is 4.42 Å². The molecule has 0 saturated heterocycles. The molecule has 65 heavy (non-hydrogen) atoms. The van der Waals surface area contributed by atoms with Crippen LogP contribution in [0.25, 0.3) is 123 Å². The van der Waals surface area contributed by atoms with Crippen molar-refractivity contribution in [1.29, 1.82) is 0 Å².